The Kier molecular flexibility index (Phi) is 4.78. The van der Waals surface area contributed by atoms with Crippen molar-refractivity contribution in [3.8, 4) is 0 Å². The third kappa shape index (κ3) is 3.38. The lowest BCUT2D eigenvalue weighted by Gasteiger charge is -2.31. The van der Waals surface area contributed by atoms with E-state index in [0.29, 0.717) is 6.04 Å². The highest BCUT2D eigenvalue weighted by molar-refractivity contribution is 7.09. The van der Waals surface area contributed by atoms with Gasteiger partial charge in [0.05, 0.1) is 6.54 Å². The Labute approximate surface area is 124 Å². The van der Waals surface area contributed by atoms with Crippen LogP contribution in [-0.4, -0.2) is 6.04 Å². The van der Waals surface area contributed by atoms with Crippen molar-refractivity contribution < 1.29 is 4.39 Å². The zero-order chi connectivity index (χ0) is 14.7. The van der Waals surface area contributed by atoms with E-state index in [0.717, 1.165) is 17.8 Å². The molecule has 0 amide bonds. The molecule has 1 aromatic heterocycles. The molecule has 0 aliphatic heterocycles. The number of nitrogens with zero attached hydrogens (tertiary/aromatic N) is 1. The minimum Gasteiger partial charge on any atom is -0.364 e. The van der Waals surface area contributed by atoms with Crippen LogP contribution in [0, 0.1) is 5.82 Å². The van der Waals surface area contributed by atoms with Gasteiger partial charge in [0.1, 0.15) is 5.82 Å². The van der Waals surface area contributed by atoms with Gasteiger partial charge < -0.3 is 10.6 Å². The predicted molar refractivity (Wildman–Crippen MR) is 84.6 cm³/mol. The topological polar surface area (TPSA) is 29.3 Å². The second kappa shape index (κ2) is 6.37. The summed E-state index contributed by atoms with van der Waals surface area (Å²) in [7, 11) is 0. The van der Waals surface area contributed by atoms with E-state index in [-0.39, 0.29) is 11.9 Å². The molecule has 2 nitrogen and oxygen atoms in total. The summed E-state index contributed by atoms with van der Waals surface area (Å²) in [6.45, 7) is 6.99. The van der Waals surface area contributed by atoms with Crippen LogP contribution >= 0.6 is 11.3 Å². The summed E-state index contributed by atoms with van der Waals surface area (Å²) in [5.74, 6) is -0.235. The van der Waals surface area contributed by atoms with Crippen LogP contribution in [0.4, 0.5) is 10.1 Å². The molecule has 1 aromatic carbocycles. The summed E-state index contributed by atoms with van der Waals surface area (Å²) in [6, 6.07) is 9.19. The molecule has 2 N–H and O–H groups in total. The van der Waals surface area contributed by atoms with Gasteiger partial charge in [0.25, 0.3) is 0 Å². The van der Waals surface area contributed by atoms with Crippen LogP contribution in [0.15, 0.2) is 35.7 Å². The molecule has 2 rings (SSSR count). The van der Waals surface area contributed by atoms with Gasteiger partial charge >= 0.3 is 0 Å². The van der Waals surface area contributed by atoms with Gasteiger partial charge in [-0.15, -0.1) is 11.3 Å². The first-order valence-corrected chi connectivity index (χ1v) is 7.71. The van der Waals surface area contributed by atoms with Gasteiger partial charge in [-0.2, -0.15) is 0 Å². The number of halogens is 1. The van der Waals surface area contributed by atoms with Crippen LogP contribution in [0.3, 0.4) is 0 Å². The average molecular weight is 292 g/mol. The Hall–Kier alpha value is -1.39. The Balaban J connectivity index is 2.38. The van der Waals surface area contributed by atoms with Crippen LogP contribution in [0.1, 0.15) is 37.3 Å². The molecule has 108 valence electrons. The van der Waals surface area contributed by atoms with E-state index in [4.69, 9.17) is 5.73 Å². The molecule has 0 fully saturated rings. The highest BCUT2D eigenvalue weighted by atomic mass is 32.1. The molecule has 20 heavy (non-hydrogen) atoms. The Morgan fingerprint density at radius 3 is 2.55 bits per heavy atom. The van der Waals surface area contributed by atoms with Crippen molar-refractivity contribution in [1.82, 2.24) is 0 Å². The highest BCUT2D eigenvalue weighted by Crippen LogP contribution is 2.29. The minimum absolute atomic E-state index is 0.190. The SMILES string of the molecule is CC(C)N(Cc1cccs1)c1ccc(F)cc1[C@H](C)N. The highest BCUT2D eigenvalue weighted by Gasteiger charge is 2.18. The van der Waals surface area contributed by atoms with E-state index < -0.39 is 0 Å². The second-order valence-corrected chi connectivity index (χ2v) is 6.33. The average Bonchev–Trinajstić information content (AvgIpc) is 2.89. The van der Waals surface area contributed by atoms with Crippen molar-refractivity contribution in [3.05, 3.63) is 52.0 Å². The maximum absolute atomic E-state index is 13.5. The quantitative estimate of drug-likeness (QED) is 0.889. The number of hydrogen-bond donors (Lipinski definition) is 1. The van der Waals surface area contributed by atoms with E-state index >= 15 is 0 Å². The Bertz CT molecular complexity index is 550. The number of rotatable bonds is 5. The maximum atomic E-state index is 13.5. The number of benzene rings is 1. The van der Waals surface area contributed by atoms with Gasteiger partial charge in [0.15, 0.2) is 0 Å². The first-order valence-electron chi connectivity index (χ1n) is 6.83. The number of nitrogens with two attached hydrogens (primary N) is 1. The summed E-state index contributed by atoms with van der Waals surface area (Å²) in [5, 5.41) is 2.07. The van der Waals surface area contributed by atoms with Crippen LogP contribution in [0.2, 0.25) is 0 Å². The lowest BCUT2D eigenvalue weighted by molar-refractivity contribution is 0.618. The largest absolute Gasteiger partial charge is 0.364 e. The summed E-state index contributed by atoms with van der Waals surface area (Å²) in [6.07, 6.45) is 0. The molecule has 1 heterocycles. The van der Waals surface area contributed by atoms with E-state index in [1.807, 2.05) is 13.0 Å². The lowest BCUT2D eigenvalue weighted by atomic mass is 10.0. The van der Waals surface area contributed by atoms with Crippen molar-refractivity contribution in [2.45, 2.75) is 39.4 Å². The van der Waals surface area contributed by atoms with Gasteiger partial charge in [-0.25, -0.2) is 4.39 Å². The van der Waals surface area contributed by atoms with Crippen molar-refractivity contribution in [2.75, 3.05) is 4.90 Å². The van der Waals surface area contributed by atoms with Gasteiger partial charge in [0, 0.05) is 22.6 Å². The molecule has 2 aromatic rings. The van der Waals surface area contributed by atoms with Crippen LogP contribution in [0.5, 0.6) is 0 Å². The molecule has 0 saturated heterocycles. The standard InChI is InChI=1S/C16H21FN2S/c1-11(2)19(10-14-5-4-8-20-14)16-7-6-13(17)9-15(16)12(3)18/h4-9,11-12H,10,18H2,1-3H3/t12-/m0/s1. The summed E-state index contributed by atoms with van der Waals surface area (Å²) >= 11 is 1.73. The van der Waals surface area contributed by atoms with Crippen molar-refractivity contribution in [1.29, 1.82) is 0 Å². The third-order valence-electron chi connectivity index (χ3n) is 3.32. The van der Waals surface area contributed by atoms with Gasteiger partial charge in [-0.1, -0.05) is 6.07 Å². The van der Waals surface area contributed by atoms with Crippen LogP contribution in [0.25, 0.3) is 0 Å². The minimum atomic E-state index is -0.235. The van der Waals surface area contributed by atoms with Crippen molar-refractivity contribution in [2.24, 2.45) is 5.73 Å². The molecule has 0 bridgehead atoms. The normalized spacial score (nSPS) is 12.7. The molecule has 1 atom stereocenters. The monoisotopic (exact) mass is 292 g/mol. The van der Waals surface area contributed by atoms with Gasteiger partial charge in [0.2, 0.25) is 0 Å². The van der Waals surface area contributed by atoms with E-state index in [1.54, 1.807) is 17.4 Å². The molecule has 4 heteroatoms. The summed E-state index contributed by atoms with van der Waals surface area (Å²) in [5.41, 5.74) is 7.88. The predicted octanol–water partition coefficient (Wildman–Crippen LogP) is 4.32. The third-order valence-corrected chi connectivity index (χ3v) is 4.18. The van der Waals surface area contributed by atoms with Crippen molar-refractivity contribution >= 4 is 17.0 Å². The molecule has 0 spiro atoms. The number of anilines is 1. The Morgan fingerprint density at radius 2 is 2.00 bits per heavy atom. The lowest BCUT2D eigenvalue weighted by Crippen LogP contribution is -2.31. The maximum Gasteiger partial charge on any atom is 0.123 e. The van der Waals surface area contributed by atoms with Crippen LogP contribution in [-0.2, 0) is 6.54 Å². The fraction of sp³-hybridized carbons (Fsp3) is 0.375. The van der Waals surface area contributed by atoms with Crippen molar-refractivity contribution in [3.63, 3.8) is 0 Å². The van der Waals surface area contributed by atoms with E-state index in [2.05, 4.69) is 36.3 Å². The number of thiophene rings is 1. The second-order valence-electron chi connectivity index (χ2n) is 5.29. The summed E-state index contributed by atoms with van der Waals surface area (Å²) in [4.78, 5) is 3.56. The van der Waals surface area contributed by atoms with Crippen LogP contribution < -0.4 is 10.6 Å². The molecular formula is C16H21FN2S. The fourth-order valence-corrected chi connectivity index (χ4v) is 2.97. The molecule has 0 saturated carbocycles. The molecule has 0 aliphatic rings. The molecular weight excluding hydrogens is 271 g/mol. The first-order chi connectivity index (χ1) is 9.49. The van der Waals surface area contributed by atoms with Gasteiger partial charge in [-0.3, -0.25) is 0 Å². The fourth-order valence-electron chi connectivity index (χ4n) is 2.27. The zero-order valence-corrected chi connectivity index (χ0v) is 13.0. The number of hydrogen-bond acceptors (Lipinski definition) is 3. The molecule has 0 aliphatic carbocycles. The zero-order valence-electron chi connectivity index (χ0n) is 12.1. The summed E-state index contributed by atoms with van der Waals surface area (Å²) < 4.78 is 13.5. The van der Waals surface area contributed by atoms with E-state index in [1.165, 1.54) is 10.9 Å². The molecule has 0 radical (unpaired) electrons. The smallest absolute Gasteiger partial charge is 0.123 e. The van der Waals surface area contributed by atoms with E-state index in [9.17, 15) is 4.39 Å². The Morgan fingerprint density at radius 1 is 1.25 bits per heavy atom. The van der Waals surface area contributed by atoms with Gasteiger partial charge in [-0.05, 0) is 56.0 Å². The molecule has 0 unspecified atom stereocenters. The first kappa shape index (κ1) is 15.0.